The van der Waals surface area contributed by atoms with E-state index in [-0.39, 0.29) is 5.91 Å². The van der Waals surface area contributed by atoms with E-state index in [1.165, 1.54) is 31.2 Å². The number of hydrogen-bond donors (Lipinski definition) is 1. The molecule has 0 spiro atoms. The Labute approximate surface area is 118 Å². The van der Waals surface area contributed by atoms with Gasteiger partial charge in [0.25, 0.3) is 0 Å². The number of rotatable bonds is 3. The first-order chi connectivity index (χ1) is 9.75. The number of benzene rings is 1. The fourth-order valence-electron chi connectivity index (χ4n) is 2.80. The van der Waals surface area contributed by atoms with E-state index in [1.807, 2.05) is 18.2 Å². The maximum absolute atomic E-state index is 11.2. The Morgan fingerprint density at radius 2 is 2.00 bits per heavy atom. The quantitative estimate of drug-likeness (QED) is 0.930. The van der Waals surface area contributed by atoms with E-state index in [4.69, 9.17) is 4.98 Å². The zero-order chi connectivity index (χ0) is 13.9. The highest BCUT2D eigenvalue weighted by Gasteiger charge is 2.20. The molecule has 1 aromatic carbocycles. The number of nitrogens with one attached hydrogen (secondary N) is 1. The molecular formula is C16H19N3O. The topological polar surface area (TPSA) is 46.9 Å². The van der Waals surface area contributed by atoms with Gasteiger partial charge >= 0.3 is 0 Å². The van der Waals surface area contributed by atoms with Crippen LogP contribution in [0.15, 0.2) is 30.3 Å². The van der Waals surface area contributed by atoms with Gasteiger partial charge in [0.2, 0.25) is 5.91 Å². The average Bonchev–Trinajstić information content (AvgIpc) is 2.84. The lowest BCUT2D eigenvalue weighted by atomic mass is 10.0. The highest BCUT2D eigenvalue weighted by molar-refractivity contribution is 5.72. The number of aromatic nitrogens is 2. The van der Waals surface area contributed by atoms with Crippen LogP contribution in [0, 0.1) is 0 Å². The third-order valence-corrected chi connectivity index (χ3v) is 3.71. The van der Waals surface area contributed by atoms with Crippen LogP contribution in [0.4, 0.5) is 0 Å². The second kappa shape index (κ2) is 5.49. The van der Waals surface area contributed by atoms with Gasteiger partial charge < -0.3 is 5.32 Å². The van der Waals surface area contributed by atoms with E-state index in [9.17, 15) is 4.79 Å². The Hall–Kier alpha value is -2.10. The van der Waals surface area contributed by atoms with Crippen molar-refractivity contribution in [2.75, 3.05) is 0 Å². The van der Waals surface area contributed by atoms with Crippen molar-refractivity contribution in [3.8, 4) is 5.69 Å². The second-order valence-corrected chi connectivity index (χ2v) is 5.21. The number of carbonyl (C=O) groups excluding carboxylic acids is 1. The predicted octanol–water partition coefficient (Wildman–Crippen LogP) is 2.39. The molecule has 0 unspecified atom stereocenters. The number of aryl methyl sites for hydroxylation is 1. The highest BCUT2D eigenvalue weighted by atomic mass is 16.1. The van der Waals surface area contributed by atoms with Crippen LogP contribution in [-0.2, 0) is 24.2 Å². The zero-order valence-electron chi connectivity index (χ0n) is 11.7. The number of nitrogens with zero attached hydrogens (tertiary/aromatic N) is 2. The molecule has 1 amide bonds. The molecular weight excluding hydrogens is 250 g/mol. The first-order valence-corrected chi connectivity index (χ1v) is 7.15. The third kappa shape index (κ3) is 2.46. The van der Waals surface area contributed by atoms with Gasteiger partial charge in [0.1, 0.15) is 5.82 Å². The van der Waals surface area contributed by atoms with Gasteiger partial charge in [-0.15, -0.1) is 0 Å². The van der Waals surface area contributed by atoms with Crippen LogP contribution in [0.5, 0.6) is 0 Å². The molecule has 4 heteroatoms. The number of hydrogen-bond acceptors (Lipinski definition) is 2. The van der Waals surface area contributed by atoms with E-state index in [0.29, 0.717) is 6.54 Å². The summed E-state index contributed by atoms with van der Waals surface area (Å²) < 4.78 is 2.21. The van der Waals surface area contributed by atoms with Gasteiger partial charge in [-0.25, -0.2) is 4.98 Å². The van der Waals surface area contributed by atoms with Gasteiger partial charge in [-0.05, 0) is 37.8 Å². The number of para-hydroxylation sites is 1. The van der Waals surface area contributed by atoms with Crippen molar-refractivity contribution in [1.29, 1.82) is 0 Å². The molecule has 20 heavy (non-hydrogen) atoms. The van der Waals surface area contributed by atoms with Crippen LogP contribution in [-0.4, -0.2) is 15.5 Å². The standard InChI is InChI=1S/C16H19N3O/c1-12(20)17-11-16-18-14-9-5-6-10-15(14)19(16)13-7-3-2-4-8-13/h2-4,7-8H,5-6,9-11H2,1H3,(H,17,20). The van der Waals surface area contributed by atoms with Gasteiger partial charge in [0.05, 0.1) is 12.2 Å². The minimum Gasteiger partial charge on any atom is -0.349 e. The van der Waals surface area contributed by atoms with Crippen LogP contribution >= 0.6 is 0 Å². The summed E-state index contributed by atoms with van der Waals surface area (Å²) >= 11 is 0. The van der Waals surface area contributed by atoms with Crippen LogP contribution < -0.4 is 5.32 Å². The monoisotopic (exact) mass is 269 g/mol. The first-order valence-electron chi connectivity index (χ1n) is 7.15. The smallest absolute Gasteiger partial charge is 0.217 e. The van der Waals surface area contributed by atoms with E-state index < -0.39 is 0 Å². The van der Waals surface area contributed by atoms with Crippen molar-refractivity contribution in [3.05, 3.63) is 47.5 Å². The SMILES string of the molecule is CC(=O)NCc1nc2c(n1-c1ccccc1)CCCC2. The average molecular weight is 269 g/mol. The van der Waals surface area contributed by atoms with Gasteiger partial charge in [0, 0.05) is 18.3 Å². The summed E-state index contributed by atoms with van der Waals surface area (Å²) in [4.78, 5) is 15.9. The predicted molar refractivity (Wildman–Crippen MR) is 77.7 cm³/mol. The number of carbonyl (C=O) groups is 1. The Bertz CT molecular complexity index is 616. The lowest BCUT2D eigenvalue weighted by molar-refractivity contribution is -0.119. The molecule has 0 saturated carbocycles. The van der Waals surface area contributed by atoms with Crippen LogP contribution in [0.2, 0.25) is 0 Å². The maximum atomic E-state index is 11.2. The molecule has 3 rings (SSSR count). The van der Waals surface area contributed by atoms with Gasteiger partial charge in [-0.2, -0.15) is 0 Å². The summed E-state index contributed by atoms with van der Waals surface area (Å²) in [6, 6.07) is 10.3. The largest absolute Gasteiger partial charge is 0.349 e. The van der Waals surface area contributed by atoms with Crippen molar-refractivity contribution in [2.24, 2.45) is 0 Å². The summed E-state index contributed by atoms with van der Waals surface area (Å²) in [5.74, 6) is 0.906. The molecule has 0 saturated heterocycles. The third-order valence-electron chi connectivity index (χ3n) is 3.71. The molecule has 0 atom stereocenters. The Morgan fingerprint density at radius 1 is 1.25 bits per heavy atom. The maximum Gasteiger partial charge on any atom is 0.217 e. The summed E-state index contributed by atoms with van der Waals surface area (Å²) in [5, 5.41) is 2.86. The summed E-state index contributed by atoms with van der Waals surface area (Å²) in [6.07, 6.45) is 4.53. The van der Waals surface area contributed by atoms with Crippen molar-refractivity contribution < 1.29 is 4.79 Å². The Kier molecular flexibility index (Phi) is 3.54. The van der Waals surface area contributed by atoms with Crippen LogP contribution in [0.25, 0.3) is 5.69 Å². The summed E-state index contributed by atoms with van der Waals surface area (Å²) in [7, 11) is 0. The fourth-order valence-corrected chi connectivity index (χ4v) is 2.80. The molecule has 0 bridgehead atoms. The molecule has 0 aliphatic heterocycles. The van der Waals surface area contributed by atoms with E-state index in [0.717, 1.165) is 24.4 Å². The number of imidazole rings is 1. The van der Waals surface area contributed by atoms with Crippen LogP contribution in [0.1, 0.15) is 37.0 Å². The van der Waals surface area contributed by atoms with Gasteiger partial charge in [0.15, 0.2) is 0 Å². The molecule has 1 aliphatic carbocycles. The van der Waals surface area contributed by atoms with Crippen LogP contribution in [0.3, 0.4) is 0 Å². The number of fused-ring (bicyclic) bond motifs is 1. The lowest BCUT2D eigenvalue weighted by Gasteiger charge is -2.15. The van der Waals surface area contributed by atoms with Gasteiger partial charge in [-0.1, -0.05) is 18.2 Å². The fraction of sp³-hybridized carbons (Fsp3) is 0.375. The zero-order valence-corrected chi connectivity index (χ0v) is 11.7. The summed E-state index contributed by atoms with van der Waals surface area (Å²) in [5.41, 5.74) is 3.63. The molecule has 4 nitrogen and oxygen atoms in total. The minimum absolute atomic E-state index is 0.0226. The lowest BCUT2D eigenvalue weighted by Crippen LogP contribution is -2.21. The number of amides is 1. The first kappa shape index (κ1) is 12.9. The van der Waals surface area contributed by atoms with E-state index in [1.54, 1.807) is 0 Å². The molecule has 0 radical (unpaired) electrons. The highest BCUT2D eigenvalue weighted by Crippen LogP contribution is 2.25. The van der Waals surface area contributed by atoms with Crippen molar-refractivity contribution in [3.63, 3.8) is 0 Å². The van der Waals surface area contributed by atoms with E-state index in [2.05, 4.69) is 22.0 Å². The van der Waals surface area contributed by atoms with Crippen molar-refractivity contribution in [2.45, 2.75) is 39.2 Å². The van der Waals surface area contributed by atoms with E-state index >= 15 is 0 Å². The molecule has 104 valence electrons. The molecule has 1 heterocycles. The molecule has 2 aromatic rings. The van der Waals surface area contributed by atoms with Crippen molar-refractivity contribution in [1.82, 2.24) is 14.9 Å². The molecule has 1 aliphatic rings. The molecule has 0 fully saturated rings. The summed E-state index contributed by atoms with van der Waals surface area (Å²) in [6.45, 7) is 2.02. The minimum atomic E-state index is -0.0226. The van der Waals surface area contributed by atoms with Gasteiger partial charge in [-0.3, -0.25) is 9.36 Å². The molecule has 1 N–H and O–H groups in total. The normalized spacial score (nSPS) is 13.8. The van der Waals surface area contributed by atoms with Crippen molar-refractivity contribution >= 4 is 5.91 Å². The Morgan fingerprint density at radius 3 is 2.75 bits per heavy atom. The Balaban J connectivity index is 2.04. The molecule has 1 aromatic heterocycles. The second-order valence-electron chi connectivity index (χ2n) is 5.21.